The number of alkyl carbamates (subject to hydrolysis) is 1. The summed E-state index contributed by atoms with van der Waals surface area (Å²) in [4.78, 5) is 25.4. The number of carbonyl (C=O) groups excluding carboxylic acids is 2. The van der Waals surface area contributed by atoms with Crippen LogP contribution in [0.4, 0.5) is 4.79 Å². The molecule has 2 amide bonds. The molecule has 2 heterocycles. The number of rotatable bonds is 5. The molecule has 0 bridgehead atoms. The highest BCUT2D eigenvalue weighted by atomic mass is 16.5. The summed E-state index contributed by atoms with van der Waals surface area (Å²) in [6.45, 7) is 4.00. The summed E-state index contributed by atoms with van der Waals surface area (Å²) in [5.41, 5.74) is 0. The number of hydrogen-bond acceptors (Lipinski definition) is 4. The molecule has 1 saturated heterocycles. The van der Waals surface area contributed by atoms with Gasteiger partial charge in [0.2, 0.25) is 5.91 Å². The van der Waals surface area contributed by atoms with Gasteiger partial charge in [0, 0.05) is 44.5 Å². The SMILES string of the molecule is CCOC(=O)N[C@H]1CCCN(C(=O)CCn2cccn2)C1. The molecule has 0 saturated carbocycles. The van der Waals surface area contributed by atoms with E-state index >= 15 is 0 Å². The van der Waals surface area contributed by atoms with Crippen molar-refractivity contribution in [2.45, 2.75) is 38.8 Å². The van der Waals surface area contributed by atoms with E-state index < -0.39 is 6.09 Å². The number of carbonyl (C=O) groups is 2. The van der Waals surface area contributed by atoms with Crippen molar-refractivity contribution >= 4 is 12.0 Å². The number of nitrogens with zero attached hydrogens (tertiary/aromatic N) is 3. The van der Waals surface area contributed by atoms with Crippen molar-refractivity contribution in [3.8, 4) is 0 Å². The minimum atomic E-state index is -0.409. The van der Waals surface area contributed by atoms with Crippen molar-refractivity contribution in [3.05, 3.63) is 18.5 Å². The Bertz CT molecular complexity index is 461. The maximum absolute atomic E-state index is 12.2. The number of aromatic nitrogens is 2. The van der Waals surface area contributed by atoms with Gasteiger partial charge >= 0.3 is 6.09 Å². The predicted octanol–water partition coefficient (Wildman–Crippen LogP) is 1.01. The first-order valence-corrected chi connectivity index (χ1v) is 7.37. The Morgan fingerprint density at radius 1 is 1.48 bits per heavy atom. The van der Waals surface area contributed by atoms with E-state index in [1.54, 1.807) is 17.8 Å². The smallest absolute Gasteiger partial charge is 0.407 e. The molecule has 2 rings (SSSR count). The fourth-order valence-electron chi connectivity index (χ4n) is 2.46. The molecule has 1 aliphatic heterocycles. The summed E-state index contributed by atoms with van der Waals surface area (Å²) < 4.78 is 6.62. The topological polar surface area (TPSA) is 76.5 Å². The van der Waals surface area contributed by atoms with Crippen LogP contribution >= 0.6 is 0 Å². The van der Waals surface area contributed by atoms with E-state index in [2.05, 4.69) is 10.4 Å². The molecule has 0 aliphatic carbocycles. The summed E-state index contributed by atoms with van der Waals surface area (Å²) >= 11 is 0. The van der Waals surface area contributed by atoms with Gasteiger partial charge in [-0.15, -0.1) is 0 Å². The summed E-state index contributed by atoms with van der Waals surface area (Å²) in [5, 5.41) is 6.88. The van der Waals surface area contributed by atoms with Gasteiger partial charge in [-0.2, -0.15) is 5.10 Å². The zero-order valence-corrected chi connectivity index (χ0v) is 12.3. The fourth-order valence-corrected chi connectivity index (χ4v) is 2.46. The highest BCUT2D eigenvalue weighted by Gasteiger charge is 2.24. The van der Waals surface area contributed by atoms with E-state index in [4.69, 9.17) is 4.74 Å². The van der Waals surface area contributed by atoms with Crippen LogP contribution in [0.25, 0.3) is 0 Å². The molecule has 0 spiro atoms. The molecule has 0 radical (unpaired) electrons. The summed E-state index contributed by atoms with van der Waals surface area (Å²) in [6.07, 6.45) is 5.33. The molecule has 7 heteroatoms. The van der Waals surface area contributed by atoms with Gasteiger partial charge in [0.1, 0.15) is 0 Å². The third kappa shape index (κ3) is 4.77. The first-order valence-electron chi connectivity index (χ1n) is 7.37. The Morgan fingerprint density at radius 2 is 2.33 bits per heavy atom. The van der Waals surface area contributed by atoms with Crippen LogP contribution in [0.1, 0.15) is 26.2 Å². The zero-order chi connectivity index (χ0) is 15.1. The van der Waals surface area contributed by atoms with E-state index in [0.29, 0.717) is 26.1 Å². The number of ether oxygens (including phenoxy) is 1. The summed E-state index contributed by atoms with van der Waals surface area (Å²) in [6, 6.07) is 1.82. The number of aryl methyl sites for hydroxylation is 1. The maximum atomic E-state index is 12.2. The predicted molar refractivity (Wildman–Crippen MR) is 76.6 cm³/mol. The molecule has 116 valence electrons. The van der Waals surface area contributed by atoms with Crippen molar-refractivity contribution in [1.29, 1.82) is 0 Å². The lowest BCUT2D eigenvalue weighted by Crippen LogP contribution is -2.49. The molecular formula is C14H22N4O3. The average molecular weight is 294 g/mol. The lowest BCUT2D eigenvalue weighted by molar-refractivity contribution is -0.132. The summed E-state index contributed by atoms with van der Waals surface area (Å²) in [7, 11) is 0. The highest BCUT2D eigenvalue weighted by molar-refractivity contribution is 5.76. The second-order valence-corrected chi connectivity index (χ2v) is 5.06. The van der Waals surface area contributed by atoms with E-state index in [9.17, 15) is 9.59 Å². The number of hydrogen-bond donors (Lipinski definition) is 1. The van der Waals surface area contributed by atoms with Gasteiger partial charge in [-0.1, -0.05) is 0 Å². The molecule has 0 unspecified atom stereocenters. The van der Waals surface area contributed by atoms with Crippen molar-refractivity contribution in [2.75, 3.05) is 19.7 Å². The van der Waals surface area contributed by atoms with E-state index in [-0.39, 0.29) is 11.9 Å². The summed E-state index contributed by atoms with van der Waals surface area (Å²) in [5.74, 6) is 0.0980. The lowest BCUT2D eigenvalue weighted by atomic mass is 10.1. The molecule has 7 nitrogen and oxygen atoms in total. The Kier molecular flexibility index (Phi) is 5.59. The second kappa shape index (κ2) is 7.66. The Morgan fingerprint density at radius 3 is 3.05 bits per heavy atom. The van der Waals surface area contributed by atoms with Crippen LogP contribution in [-0.4, -0.2) is 52.4 Å². The molecule has 1 aromatic heterocycles. The second-order valence-electron chi connectivity index (χ2n) is 5.06. The largest absolute Gasteiger partial charge is 0.450 e. The van der Waals surface area contributed by atoms with Crippen molar-refractivity contribution < 1.29 is 14.3 Å². The molecule has 21 heavy (non-hydrogen) atoms. The normalized spacial score (nSPS) is 18.3. The monoisotopic (exact) mass is 294 g/mol. The van der Waals surface area contributed by atoms with E-state index in [1.807, 2.05) is 17.2 Å². The Balaban J connectivity index is 1.77. The molecule has 1 atom stereocenters. The van der Waals surface area contributed by atoms with Gasteiger partial charge in [0.25, 0.3) is 0 Å². The van der Waals surface area contributed by atoms with E-state index in [0.717, 1.165) is 19.4 Å². The number of piperidine rings is 1. The van der Waals surface area contributed by atoms with Crippen LogP contribution in [-0.2, 0) is 16.1 Å². The maximum Gasteiger partial charge on any atom is 0.407 e. The third-order valence-electron chi connectivity index (χ3n) is 3.49. The first kappa shape index (κ1) is 15.3. The van der Waals surface area contributed by atoms with Crippen LogP contribution in [0.3, 0.4) is 0 Å². The number of nitrogens with one attached hydrogen (secondary N) is 1. The standard InChI is InChI=1S/C14H22N4O3/c1-2-21-14(20)16-12-5-3-8-17(11-12)13(19)6-10-18-9-4-7-15-18/h4,7,9,12H,2-3,5-6,8,10-11H2,1H3,(H,16,20)/t12-/m0/s1. The highest BCUT2D eigenvalue weighted by Crippen LogP contribution is 2.12. The quantitative estimate of drug-likeness (QED) is 0.879. The minimum absolute atomic E-state index is 0.0218. The zero-order valence-electron chi connectivity index (χ0n) is 12.3. The van der Waals surface area contributed by atoms with Crippen LogP contribution < -0.4 is 5.32 Å². The van der Waals surface area contributed by atoms with Crippen LogP contribution in [0, 0.1) is 0 Å². The van der Waals surface area contributed by atoms with Crippen LogP contribution in [0.5, 0.6) is 0 Å². The molecule has 1 aromatic rings. The number of likely N-dealkylation sites (tertiary alicyclic amines) is 1. The fraction of sp³-hybridized carbons (Fsp3) is 0.643. The molecule has 1 N–H and O–H groups in total. The van der Waals surface area contributed by atoms with Crippen molar-refractivity contribution in [3.63, 3.8) is 0 Å². The van der Waals surface area contributed by atoms with Gasteiger partial charge in [0.15, 0.2) is 0 Å². The molecule has 1 aliphatic rings. The molecular weight excluding hydrogens is 272 g/mol. The Hall–Kier alpha value is -2.05. The third-order valence-corrected chi connectivity index (χ3v) is 3.49. The molecule has 0 aromatic carbocycles. The van der Waals surface area contributed by atoms with Gasteiger partial charge in [-0.25, -0.2) is 4.79 Å². The average Bonchev–Trinajstić information content (AvgIpc) is 2.98. The van der Waals surface area contributed by atoms with Crippen molar-refractivity contribution in [1.82, 2.24) is 20.0 Å². The first-order chi connectivity index (χ1) is 10.2. The van der Waals surface area contributed by atoms with Crippen LogP contribution in [0.2, 0.25) is 0 Å². The van der Waals surface area contributed by atoms with Gasteiger partial charge in [-0.05, 0) is 25.8 Å². The van der Waals surface area contributed by atoms with Gasteiger partial charge < -0.3 is 15.0 Å². The Labute approximate surface area is 124 Å². The van der Waals surface area contributed by atoms with Crippen molar-refractivity contribution in [2.24, 2.45) is 0 Å². The lowest BCUT2D eigenvalue weighted by Gasteiger charge is -2.33. The van der Waals surface area contributed by atoms with Gasteiger partial charge in [0.05, 0.1) is 6.61 Å². The number of amides is 2. The minimum Gasteiger partial charge on any atom is -0.450 e. The van der Waals surface area contributed by atoms with E-state index in [1.165, 1.54) is 0 Å². The van der Waals surface area contributed by atoms with Crippen LogP contribution in [0.15, 0.2) is 18.5 Å². The molecule has 1 fully saturated rings. The van der Waals surface area contributed by atoms with Gasteiger partial charge in [-0.3, -0.25) is 9.48 Å².